The van der Waals surface area contributed by atoms with Gasteiger partial charge in [-0.3, -0.25) is 0 Å². The van der Waals surface area contributed by atoms with Crippen molar-refractivity contribution in [3.8, 4) is 0 Å². The standard InChI is InChI=1S/C17H13FN6O2S2/c18-10-1-6-13-14(9-10)27-17(22-13)24-15-7-8-20-16(23-15)21-11-2-4-12(5-3-11)28(19,25)26/h1-9H,(H2,19,25,26)(H2,20,21,22,23,24). The number of hydrogen-bond donors (Lipinski definition) is 3. The third kappa shape index (κ3) is 4.06. The molecule has 8 nitrogen and oxygen atoms in total. The Kier molecular flexibility index (Phi) is 4.63. The van der Waals surface area contributed by atoms with Crippen LogP contribution in [0.15, 0.2) is 59.6 Å². The van der Waals surface area contributed by atoms with E-state index in [9.17, 15) is 12.8 Å². The third-order valence-corrected chi connectivity index (χ3v) is 5.54. The molecule has 0 amide bonds. The molecule has 0 unspecified atom stereocenters. The number of nitrogens with two attached hydrogens (primary N) is 1. The Morgan fingerprint density at radius 2 is 1.79 bits per heavy atom. The number of thiazole rings is 1. The summed E-state index contributed by atoms with van der Waals surface area (Å²) in [5, 5.41) is 11.7. The van der Waals surface area contributed by atoms with Gasteiger partial charge in [-0.1, -0.05) is 11.3 Å². The van der Waals surface area contributed by atoms with E-state index < -0.39 is 10.0 Å². The molecule has 0 aliphatic carbocycles. The highest BCUT2D eigenvalue weighted by atomic mass is 32.2. The maximum absolute atomic E-state index is 13.3. The second kappa shape index (κ2) is 7.11. The molecule has 28 heavy (non-hydrogen) atoms. The first-order chi connectivity index (χ1) is 13.4. The topological polar surface area (TPSA) is 123 Å². The van der Waals surface area contributed by atoms with Crippen LogP contribution in [0.2, 0.25) is 0 Å². The van der Waals surface area contributed by atoms with Crippen molar-refractivity contribution in [3.05, 3.63) is 60.5 Å². The number of nitrogens with zero attached hydrogens (tertiary/aromatic N) is 3. The van der Waals surface area contributed by atoms with E-state index in [2.05, 4.69) is 25.6 Å². The van der Waals surface area contributed by atoms with Crippen LogP contribution in [0.4, 0.5) is 27.0 Å². The summed E-state index contributed by atoms with van der Waals surface area (Å²) in [6.45, 7) is 0. The second-order valence-corrected chi connectivity index (χ2v) is 8.31. The molecule has 0 saturated carbocycles. The quantitative estimate of drug-likeness (QED) is 0.456. The summed E-state index contributed by atoms with van der Waals surface area (Å²) in [5.74, 6) is 0.489. The molecule has 0 bridgehead atoms. The SMILES string of the molecule is NS(=O)(=O)c1ccc(Nc2nccc(Nc3nc4ccc(F)cc4s3)n2)cc1. The van der Waals surface area contributed by atoms with E-state index >= 15 is 0 Å². The maximum Gasteiger partial charge on any atom is 0.238 e. The van der Waals surface area contributed by atoms with Gasteiger partial charge in [-0.2, -0.15) is 4.98 Å². The van der Waals surface area contributed by atoms with Crippen LogP contribution < -0.4 is 15.8 Å². The maximum atomic E-state index is 13.3. The smallest absolute Gasteiger partial charge is 0.238 e. The molecule has 4 N–H and O–H groups in total. The molecule has 4 aromatic rings. The molecule has 0 atom stereocenters. The lowest BCUT2D eigenvalue weighted by molar-refractivity contribution is 0.598. The number of sulfonamides is 1. The van der Waals surface area contributed by atoms with Crippen LogP contribution in [-0.4, -0.2) is 23.4 Å². The zero-order valence-electron chi connectivity index (χ0n) is 14.1. The van der Waals surface area contributed by atoms with Crippen molar-refractivity contribution < 1.29 is 12.8 Å². The van der Waals surface area contributed by atoms with E-state index in [-0.39, 0.29) is 10.7 Å². The van der Waals surface area contributed by atoms with Gasteiger partial charge in [-0.05, 0) is 48.5 Å². The highest BCUT2D eigenvalue weighted by molar-refractivity contribution is 7.89. The van der Waals surface area contributed by atoms with Crippen LogP contribution in [0.25, 0.3) is 10.2 Å². The van der Waals surface area contributed by atoms with E-state index in [1.54, 1.807) is 30.5 Å². The van der Waals surface area contributed by atoms with Crippen LogP contribution in [0.3, 0.4) is 0 Å². The van der Waals surface area contributed by atoms with E-state index in [0.29, 0.717) is 28.1 Å². The number of primary sulfonamides is 1. The van der Waals surface area contributed by atoms with Gasteiger partial charge in [0.05, 0.1) is 15.1 Å². The van der Waals surface area contributed by atoms with E-state index in [1.165, 1.54) is 35.6 Å². The Balaban J connectivity index is 1.52. The van der Waals surface area contributed by atoms with Gasteiger partial charge in [0.1, 0.15) is 11.6 Å². The minimum absolute atomic E-state index is 0.0154. The van der Waals surface area contributed by atoms with Crippen molar-refractivity contribution in [2.45, 2.75) is 4.90 Å². The molecule has 0 aliphatic heterocycles. The number of nitrogens with one attached hydrogen (secondary N) is 2. The normalized spacial score (nSPS) is 11.5. The Morgan fingerprint density at radius 3 is 2.54 bits per heavy atom. The molecule has 4 rings (SSSR count). The summed E-state index contributed by atoms with van der Waals surface area (Å²) >= 11 is 1.31. The summed E-state index contributed by atoms with van der Waals surface area (Å²) in [6, 6.07) is 12.0. The number of rotatable bonds is 5. The summed E-state index contributed by atoms with van der Waals surface area (Å²) in [7, 11) is -3.75. The van der Waals surface area contributed by atoms with Crippen LogP contribution in [-0.2, 0) is 10.0 Å². The lowest BCUT2D eigenvalue weighted by Crippen LogP contribution is -2.11. The average Bonchev–Trinajstić information content (AvgIpc) is 3.03. The van der Waals surface area contributed by atoms with E-state index in [0.717, 1.165) is 4.70 Å². The summed E-state index contributed by atoms with van der Waals surface area (Å²) < 4.78 is 36.6. The average molecular weight is 416 g/mol. The first-order valence-corrected chi connectivity index (χ1v) is 10.3. The Morgan fingerprint density at radius 1 is 1.00 bits per heavy atom. The predicted octanol–water partition coefficient (Wildman–Crippen LogP) is 3.36. The van der Waals surface area contributed by atoms with Gasteiger partial charge < -0.3 is 10.6 Å². The van der Waals surface area contributed by atoms with Gasteiger partial charge >= 0.3 is 0 Å². The van der Waals surface area contributed by atoms with Crippen molar-refractivity contribution in [1.82, 2.24) is 15.0 Å². The van der Waals surface area contributed by atoms with Crippen molar-refractivity contribution >= 4 is 54.2 Å². The Hall–Kier alpha value is -3.15. The lowest BCUT2D eigenvalue weighted by atomic mass is 10.3. The molecule has 11 heteroatoms. The van der Waals surface area contributed by atoms with Crippen molar-refractivity contribution in [3.63, 3.8) is 0 Å². The molecule has 0 spiro atoms. The van der Waals surface area contributed by atoms with Gasteiger partial charge in [0.25, 0.3) is 0 Å². The molecule has 2 heterocycles. The van der Waals surface area contributed by atoms with Gasteiger partial charge in [-0.25, -0.2) is 27.9 Å². The second-order valence-electron chi connectivity index (χ2n) is 5.72. The minimum atomic E-state index is -3.75. The zero-order chi connectivity index (χ0) is 19.7. The number of aromatic nitrogens is 3. The van der Waals surface area contributed by atoms with E-state index in [1.807, 2.05) is 0 Å². The van der Waals surface area contributed by atoms with Gasteiger partial charge in [0.2, 0.25) is 16.0 Å². The molecule has 142 valence electrons. The van der Waals surface area contributed by atoms with Crippen molar-refractivity contribution in [2.24, 2.45) is 5.14 Å². The monoisotopic (exact) mass is 416 g/mol. The largest absolute Gasteiger partial charge is 0.324 e. The molecular formula is C17H13FN6O2S2. The fraction of sp³-hybridized carbons (Fsp3) is 0. The Bertz CT molecular complexity index is 1260. The highest BCUT2D eigenvalue weighted by Crippen LogP contribution is 2.28. The zero-order valence-corrected chi connectivity index (χ0v) is 15.8. The number of halogens is 1. The van der Waals surface area contributed by atoms with Crippen LogP contribution in [0.1, 0.15) is 0 Å². The van der Waals surface area contributed by atoms with Crippen LogP contribution >= 0.6 is 11.3 Å². The molecule has 0 aliphatic rings. The Labute approximate surface area is 163 Å². The number of hydrogen-bond acceptors (Lipinski definition) is 8. The number of fused-ring (bicyclic) bond motifs is 1. The molecule has 2 aromatic heterocycles. The minimum Gasteiger partial charge on any atom is -0.324 e. The molecule has 0 fully saturated rings. The third-order valence-electron chi connectivity index (χ3n) is 3.68. The molecule has 2 aromatic carbocycles. The summed E-state index contributed by atoms with van der Waals surface area (Å²) in [4.78, 5) is 12.9. The van der Waals surface area contributed by atoms with Crippen molar-refractivity contribution in [1.29, 1.82) is 0 Å². The van der Waals surface area contributed by atoms with Crippen LogP contribution in [0, 0.1) is 5.82 Å². The van der Waals surface area contributed by atoms with Gasteiger partial charge in [-0.15, -0.1) is 0 Å². The number of benzene rings is 2. The van der Waals surface area contributed by atoms with Gasteiger partial charge in [0, 0.05) is 11.9 Å². The first-order valence-electron chi connectivity index (χ1n) is 7.93. The molecule has 0 saturated heterocycles. The summed E-state index contributed by atoms with van der Waals surface area (Å²) in [6.07, 6.45) is 1.56. The molecular weight excluding hydrogens is 403 g/mol. The number of anilines is 4. The highest BCUT2D eigenvalue weighted by Gasteiger charge is 2.09. The van der Waals surface area contributed by atoms with E-state index in [4.69, 9.17) is 5.14 Å². The lowest BCUT2D eigenvalue weighted by Gasteiger charge is -2.07. The first kappa shape index (κ1) is 18.2. The fourth-order valence-electron chi connectivity index (χ4n) is 2.41. The fourth-order valence-corrected chi connectivity index (χ4v) is 3.82. The summed E-state index contributed by atoms with van der Waals surface area (Å²) in [5.41, 5.74) is 1.29. The predicted molar refractivity (Wildman–Crippen MR) is 106 cm³/mol. The van der Waals surface area contributed by atoms with Crippen LogP contribution in [0.5, 0.6) is 0 Å². The van der Waals surface area contributed by atoms with Crippen molar-refractivity contribution in [2.75, 3.05) is 10.6 Å². The van der Waals surface area contributed by atoms with Gasteiger partial charge in [0.15, 0.2) is 5.13 Å². The molecule has 0 radical (unpaired) electrons.